The van der Waals surface area contributed by atoms with Gasteiger partial charge in [-0.2, -0.15) is 4.39 Å². The Morgan fingerprint density at radius 2 is 1.76 bits per heavy atom. The summed E-state index contributed by atoms with van der Waals surface area (Å²) in [6.07, 6.45) is 0. The zero-order valence-corrected chi connectivity index (χ0v) is 11.1. The molecule has 17 heavy (non-hydrogen) atoms. The van der Waals surface area contributed by atoms with Crippen LogP contribution in [0.15, 0.2) is 24.3 Å². The summed E-state index contributed by atoms with van der Waals surface area (Å²) in [5, 5.41) is 0. The summed E-state index contributed by atoms with van der Waals surface area (Å²) in [5.74, 6) is -2.12. The molecule has 2 aromatic rings. The number of aryl methyl sites for hydroxylation is 1. The molecule has 0 aliphatic carbocycles. The summed E-state index contributed by atoms with van der Waals surface area (Å²) in [6, 6.07) is 6.72. The van der Waals surface area contributed by atoms with Crippen LogP contribution in [0.3, 0.4) is 0 Å². The van der Waals surface area contributed by atoms with Crippen LogP contribution in [0.25, 0.3) is 11.3 Å². The van der Waals surface area contributed by atoms with Gasteiger partial charge in [-0.25, -0.2) is 4.39 Å². The van der Waals surface area contributed by atoms with Crippen molar-refractivity contribution in [3.63, 3.8) is 0 Å². The third-order valence-electron chi connectivity index (χ3n) is 2.16. The van der Waals surface area contributed by atoms with E-state index in [1.165, 1.54) is 6.07 Å². The number of aromatic nitrogens is 1. The third-order valence-corrected chi connectivity index (χ3v) is 2.16. The molecule has 0 aliphatic heterocycles. The van der Waals surface area contributed by atoms with Crippen molar-refractivity contribution in [2.45, 2.75) is 6.92 Å². The van der Waals surface area contributed by atoms with Gasteiger partial charge in [0.2, 0.25) is 5.95 Å². The first-order valence-electron chi connectivity index (χ1n) is 4.59. The van der Waals surface area contributed by atoms with Crippen molar-refractivity contribution in [2.24, 2.45) is 0 Å². The van der Waals surface area contributed by atoms with Crippen molar-refractivity contribution in [2.75, 3.05) is 0 Å². The number of halogens is 3. The van der Waals surface area contributed by atoms with Crippen molar-refractivity contribution in [3.8, 4) is 11.3 Å². The van der Waals surface area contributed by atoms with Gasteiger partial charge in [-0.1, -0.05) is 17.2 Å². The van der Waals surface area contributed by atoms with E-state index in [0.717, 1.165) is 18.2 Å². The van der Waals surface area contributed by atoms with Crippen molar-refractivity contribution >= 4 is 0 Å². The Morgan fingerprint density at radius 1 is 1.06 bits per heavy atom. The Bertz CT molecular complexity index is 494. The molecular formula is C12H7F3IrN-. The minimum atomic E-state index is -0.738. The summed E-state index contributed by atoms with van der Waals surface area (Å²) in [7, 11) is 0. The monoisotopic (exact) mass is 415 g/mol. The zero-order valence-electron chi connectivity index (χ0n) is 8.72. The van der Waals surface area contributed by atoms with E-state index >= 15 is 0 Å². The number of rotatable bonds is 1. The summed E-state index contributed by atoms with van der Waals surface area (Å²) < 4.78 is 39.3. The van der Waals surface area contributed by atoms with E-state index in [1.54, 1.807) is 6.92 Å². The number of nitrogens with zero attached hydrogens (tertiary/aromatic N) is 1. The second-order valence-corrected chi connectivity index (χ2v) is 3.33. The molecule has 91 valence electrons. The number of benzene rings is 1. The average molecular weight is 414 g/mol. The maximum Gasteiger partial charge on any atom is 0.204 e. The molecule has 1 aromatic carbocycles. The topological polar surface area (TPSA) is 12.9 Å². The Morgan fingerprint density at radius 3 is 2.47 bits per heavy atom. The molecule has 1 radical (unpaired) electrons. The quantitative estimate of drug-likeness (QED) is 0.516. The Balaban J connectivity index is 0.00000144. The number of hydrogen-bond donors (Lipinski definition) is 0. The van der Waals surface area contributed by atoms with E-state index in [0.29, 0.717) is 5.56 Å². The smallest absolute Gasteiger partial charge is 0.204 e. The fraction of sp³-hybridized carbons (Fsp3) is 0.0833. The zero-order chi connectivity index (χ0) is 11.7. The van der Waals surface area contributed by atoms with Gasteiger partial charge in [0, 0.05) is 31.7 Å². The number of pyridine rings is 1. The molecule has 1 nitrogen and oxygen atoms in total. The molecule has 0 saturated carbocycles. The van der Waals surface area contributed by atoms with E-state index in [2.05, 4.69) is 11.1 Å². The van der Waals surface area contributed by atoms with Gasteiger partial charge in [-0.05, 0) is 18.7 Å². The second-order valence-electron chi connectivity index (χ2n) is 3.33. The normalized spacial score (nSPS) is 9.88. The van der Waals surface area contributed by atoms with Gasteiger partial charge in [0.15, 0.2) is 0 Å². The summed E-state index contributed by atoms with van der Waals surface area (Å²) >= 11 is 0. The molecular weight excluding hydrogens is 407 g/mol. The van der Waals surface area contributed by atoms with E-state index in [1.807, 2.05) is 0 Å². The molecule has 1 heterocycles. The van der Waals surface area contributed by atoms with Gasteiger partial charge in [0.1, 0.15) is 0 Å². The fourth-order valence-electron chi connectivity index (χ4n) is 1.38. The molecule has 5 heteroatoms. The predicted molar refractivity (Wildman–Crippen MR) is 53.1 cm³/mol. The molecule has 0 spiro atoms. The Kier molecular flexibility index (Phi) is 4.43. The van der Waals surface area contributed by atoms with Crippen molar-refractivity contribution in [1.82, 2.24) is 4.98 Å². The minimum Gasteiger partial charge on any atom is -0.270 e. The molecule has 0 saturated heterocycles. The first-order valence-corrected chi connectivity index (χ1v) is 4.59. The summed E-state index contributed by atoms with van der Waals surface area (Å²) in [4.78, 5) is 3.54. The van der Waals surface area contributed by atoms with Crippen molar-refractivity contribution in [3.05, 3.63) is 53.5 Å². The molecule has 0 amide bonds. The Hall–Kier alpha value is -1.19. The standard InChI is InChI=1S/C12H7F3N.Ir/c1-7-2-5-11(15)16-12(7)9-6-8(13)3-4-10(9)14;/h2-5H,1H3;/q-1;. The summed E-state index contributed by atoms with van der Waals surface area (Å²) in [6.45, 7) is 1.64. The van der Waals surface area contributed by atoms with Gasteiger partial charge in [-0.3, -0.25) is 9.37 Å². The van der Waals surface area contributed by atoms with Crippen LogP contribution in [-0.4, -0.2) is 4.98 Å². The van der Waals surface area contributed by atoms with E-state index in [-0.39, 0.29) is 31.4 Å². The first-order chi connectivity index (χ1) is 7.58. The van der Waals surface area contributed by atoms with Crippen LogP contribution in [0, 0.1) is 30.6 Å². The molecule has 0 atom stereocenters. The SMILES string of the molecule is Cc1ccc(F)nc1-c1[c-]c(F)ccc1F.[Ir]. The molecule has 1 aromatic heterocycles. The molecule has 0 N–H and O–H groups in total. The van der Waals surface area contributed by atoms with Crippen LogP contribution in [0.4, 0.5) is 13.2 Å². The van der Waals surface area contributed by atoms with E-state index in [4.69, 9.17) is 0 Å². The first kappa shape index (κ1) is 13.9. The van der Waals surface area contributed by atoms with Crippen molar-refractivity contribution in [1.29, 1.82) is 0 Å². The molecule has 0 aliphatic rings. The second kappa shape index (κ2) is 5.43. The fourth-order valence-corrected chi connectivity index (χ4v) is 1.38. The summed E-state index contributed by atoms with van der Waals surface area (Å²) in [5.41, 5.74) is 0.469. The maximum absolute atomic E-state index is 13.4. The minimum absolute atomic E-state index is 0. The average Bonchev–Trinajstić information content (AvgIpc) is 2.25. The molecule has 0 unspecified atom stereocenters. The van der Waals surface area contributed by atoms with Gasteiger partial charge >= 0.3 is 0 Å². The van der Waals surface area contributed by atoms with Crippen LogP contribution in [0.5, 0.6) is 0 Å². The predicted octanol–water partition coefficient (Wildman–Crippen LogP) is 3.27. The largest absolute Gasteiger partial charge is 0.270 e. The maximum atomic E-state index is 13.4. The van der Waals surface area contributed by atoms with E-state index in [9.17, 15) is 13.2 Å². The van der Waals surface area contributed by atoms with Crippen LogP contribution >= 0.6 is 0 Å². The third kappa shape index (κ3) is 2.93. The van der Waals surface area contributed by atoms with Crippen LogP contribution < -0.4 is 0 Å². The van der Waals surface area contributed by atoms with Gasteiger partial charge < -0.3 is 0 Å². The van der Waals surface area contributed by atoms with Gasteiger partial charge in [0.25, 0.3) is 0 Å². The van der Waals surface area contributed by atoms with Crippen LogP contribution in [0.1, 0.15) is 5.56 Å². The molecule has 0 fully saturated rings. The van der Waals surface area contributed by atoms with Crippen molar-refractivity contribution < 1.29 is 33.3 Å². The van der Waals surface area contributed by atoms with E-state index < -0.39 is 17.6 Å². The Labute approximate surface area is 110 Å². The van der Waals surface area contributed by atoms with Crippen LogP contribution in [0.2, 0.25) is 0 Å². The number of hydrogen-bond acceptors (Lipinski definition) is 1. The molecule has 2 rings (SSSR count). The molecule has 0 bridgehead atoms. The van der Waals surface area contributed by atoms with Crippen LogP contribution in [-0.2, 0) is 20.1 Å². The van der Waals surface area contributed by atoms with Gasteiger partial charge in [0.05, 0.1) is 0 Å². The van der Waals surface area contributed by atoms with Gasteiger partial charge in [-0.15, -0.1) is 18.2 Å².